The molecule has 1 aliphatic rings. The van der Waals surface area contributed by atoms with Crippen molar-refractivity contribution in [1.29, 1.82) is 0 Å². The molecule has 0 bridgehead atoms. The minimum absolute atomic E-state index is 0.0230. The number of ether oxygens (including phenoxy) is 2. The number of aryl methyl sites for hydroxylation is 1. The average molecular weight is 387 g/mol. The first-order chi connectivity index (χ1) is 14.3. The van der Waals surface area contributed by atoms with Gasteiger partial charge in [0.25, 0.3) is 0 Å². The van der Waals surface area contributed by atoms with E-state index in [1.807, 2.05) is 78.9 Å². The van der Waals surface area contributed by atoms with Crippen LogP contribution >= 0.6 is 0 Å². The van der Waals surface area contributed by atoms with Crippen LogP contribution in [0.3, 0.4) is 0 Å². The number of carbonyl (C=O) groups is 1. The summed E-state index contributed by atoms with van der Waals surface area (Å²) < 4.78 is 11.4. The molecule has 3 aromatic carbocycles. The third-order valence-electron chi connectivity index (χ3n) is 5.02. The maximum Gasteiger partial charge on any atom is 0.221 e. The lowest BCUT2D eigenvalue weighted by molar-refractivity contribution is -0.121. The lowest BCUT2D eigenvalue weighted by Crippen LogP contribution is -2.29. The fourth-order valence-electron chi connectivity index (χ4n) is 3.50. The summed E-state index contributed by atoms with van der Waals surface area (Å²) in [5.41, 5.74) is 3.21. The Balaban J connectivity index is 1.43. The Morgan fingerprint density at radius 2 is 1.45 bits per heavy atom. The van der Waals surface area contributed by atoms with Gasteiger partial charge >= 0.3 is 0 Å². The molecular weight excluding hydrogens is 362 g/mol. The summed E-state index contributed by atoms with van der Waals surface area (Å²) in [7, 11) is 0. The Kier molecular flexibility index (Phi) is 6.10. The van der Waals surface area contributed by atoms with Gasteiger partial charge in [-0.25, -0.2) is 0 Å². The number of hydrogen-bond donors (Lipinski definition) is 1. The monoisotopic (exact) mass is 387 g/mol. The number of nitrogens with one attached hydrogen (secondary N) is 1. The zero-order chi connectivity index (χ0) is 19.9. The van der Waals surface area contributed by atoms with Crippen molar-refractivity contribution in [1.82, 2.24) is 5.32 Å². The summed E-state index contributed by atoms with van der Waals surface area (Å²) in [5.74, 6) is 1.57. The minimum Gasteiger partial charge on any atom is -0.490 e. The van der Waals surface area contributed by atoms with Gasteiger partial charge in [-0.05, 0) is 35.2 Å². The van der Waals surface area contributed by atoms with E-state index in [9.17, 15) is 4.79 Å². The van der Waals surface area contributed by atoms with Crippen molar-refractivity contribution < 1.29 is 14.3 Å². The second-order valence-corrected chi connectivity index (χ2v) is 7.15. The molecule has 1 amide bonds. The highest BCUT2D eigenvalue weighted by Crippen LogP contribution is 2.31. The van der Waals surface area contributed by atoms with Crippen molar-refractivity contribution in [3.05, 3.63) is 95.6 Å². The molecule has 1 aliphatic heterocycles. The molecule has 0 unspecified atom stereocenters. The van der Waals surface area contributed by atoms with Gasteiger partial charge < -0.3 is 14.8 Å². The largest absolute Gasteiger partial charge is 0.490 e. The third-order valence-corrected chi connectivity index (χ3v) is 5.02. The van der Waals surface area contributed by atoms with Crippen molar-refractivity contribution in [3.63, 3.8) is 0 Å². The van der Waals surface area contributed by atoms with Crippen LogP contribution in [0.5, 0.6) is 11.5 Å². The first-order valence-corrected chi connectivity index (χ1v) is 10.1. The molecule has 29 heavy (non-hydrogen) atoms. The fraction of sp³-hybridized carbons (Fsp3) is 0.240. The van der Waals surface area contributed by atoms with Crippen LogP contribution in [0, 0.1) is 0 Å². The van der Waals surface area contributed by atoms with E-state index in [-0.39, 0.29) is 11.9 Å². The summed E-state index contributed by atoms with van der Waals surface area (Å²) in [6.07, 6.45) is 1.95. The Bertz CT molecular complexity index is 901. The van der Waals surface area contributed by atoms with E-state index in [0.717, 1.165) is 34.6 Å². The average Bonchev–Trinajstić information content (AvgIpc) is 3.02. The van der Waals surface area contributed by atoms with Gasteiger partial charge in [0.2, 0.25) is 5.91 Å². The number of rotatable bonds is 6. The molecule has 1 N–H and O–H groups in total. The van der Waals surface area contributed by atoms with Gasteiger partial charge in [-0.15, -0.1) is 0 Å². The van der Waals surface area contributed by atoms with Crippen LogP contribution in [-0.2, 0) is 11.2 Å². The van der Waals surface area contributed by atoms with Crippen molar-refractivity contribution >= 4 is 5.91 Å². The summed E-state index contributed by atoms with van der Waals surface area (Å²) in [4.78, 5) is 12.8. The molecule has 3 aromatic rings. The van der Waals surface area contributed by atoms with Crippen LogP contribution in [0.15, 0.2) is 78.9 Å². The maximum atomic E-state index is 12.8. The molecule has 0 fully saturated rings. The third kappa shape index (κ3) is 4.96. The lowest BCUT2D eigenvalue weighted by atomic mass is 9.98. The molecular formula is C25H25NO3. The standard InChI is InChI=1S/C25H25NO3/c27-24(15-13-19-12-14-22-23(18-19)29-17-7-16-28-22)26-25(20-8-3-1-4-9-20)21-10-5-2-6-11-21/h1-6,8-12,14,18,25H,7,13,15-17H2,(H,26,27). The Morgan fingerprint density at radius 1 is 0.828 bits per heavy atom. The molecule has 148 valence electrons. The second kappa shape index (κ2) is 9.28. The molecule has 0 spiro atoms. The summed E-state index contributed by atoms with van der Waals surface area (Å²) in [5, 5.41) is 3.20. The van der Waals surface area contributed by atoms with Gasteiger partial charge in [-0.3, -0.25) is 4.79 Å². The molecule has 1 heterocycles. The van der Waals surface area contributed by atoms with E-state index < -0.39 is 0 Å². The van der Waals surface area contributed by atoms with E-state index in [2.05, 4.69) is 5.32 Å². The summed E-state index contributed by atoms with van der Waals surface area (Å²) >= 11 is 0. The zero-order valence-corrected chi connectivity index (χ0v) is 16.3. The van der Waals surface area contributed by atoms with Crippen LogP contribution in [0.4, 0.5) is 0 Å². The number of benzene rings is 3. The van der Waals surface area contributed by atoms with Gasteiger partial charge in [0.05, 0.1) is 19.3 Å². The van der Waals surface area contributed by atoms with Gasteiger partial charge in [-0.1, -0.05) is 66.7 Å². The van der Waals surface area contributed by atoms with E-state index in [1.165, 1.54) is 0 Å². The molecule has 0 atom stereocenters. The van der Waals surface area contributed by atoms with Crippen molar-refractivity contribution in [3.8, 4) is 11.5 Å². The number of amides is 1. The van der Waals surface area contributed by atoms with Crippen LogP contribution in [0.1, 0.15) is 35.6 Å². The predicted molar refractivity (Wildman–Crippen MR) is 113 cm³/mol. The highest BCUT2D eigenvalue weighted by atomic mass is 16.5. The molecule has 4 heteroatoms. The topological polar surface area (TPSA) is 47.6 Å². The van der Waals surface area contributed by atoms with Crippen molar-refractivity contribution in [2.24, 2.45) is 0 Å². The molecule has 0 aromatic heterocycles. The van der Waals surface area contributed by atoms with Crippen LogP contribution in [0.2, 0.25) is 0 Å². The second-order valence-electron chi connectivity index (χ2n) is 7.15. The van der Waals surface area contributed by atoms with Crippen molar-refractivity contribution in [2.75, 3.05) is 13.2 Å². The molecule has 0 saturated heterocycles. The van der Waals surface area contributed by atoms with E-state index in [1.54, 1.807) is 0 Å². The van der Waals surface area contributed by atoms with Crippen molar-refractivity contribution in [2.45, 2.75) is 25.3 Å². The van der Waals surface area contributed by atoms with Crippen LogP contribution in [0.25, 0.3) is 0 Å². The fourth-order valence-corrected chi connectivity index (χ4v) is 3.50. The normalized spacial score (nSPS) is 13.0. The molecule has 0 radical (unpaired) electrons. The quantitative estimate of drug-likeness (QED) is 0.668. The molecule has 4 rings (SSSR count). The van der Waals surface area contributed by atoms with E-state index in [0.29, 0.717) is 26.1 Å². The Hall–Kier alpha value is -3.27. The minimum atomic E-state index is -0.159. The van der Waals surface area contributed by atoms with Gasteiger partial charge in [-0.2, -0.15) is 0 Å². The SMILES string of the molecule is O=C(CCc1ccc2c(c1)OCCCO2)NC(c1ccccc1)c1ccccc1. The van der Waals surface area contributed by atoms with Gasteiger partial charge in [0.15, 0.2) is 11.5 Å². The van der Waals surface area contributed by atoms with Gasteiger partial charge in [0.1, 0.15) is 0 Å². The first kappa shape index (κ1) is 19.1. The summed E-state index contributed by atoms with van der Waals surface area (Å²) in [6, 6.07) is 25.9. The van der Waals surface area contributed by atoms with E-state index in [4.69, 9.17) is 9.47 Å². The molecule has 4 nitrogen and oxygen atoms in total. The maximum absolute atomic E-state index is 12.8. The smallest absolute Gasteiger partial charge is 0.221 e. The van der Waals surface area contributed by atoms with E-state index >= 15 is 0 Å². The van der Waals surface area contributed by atoms with Crippen LogP contribution in [-0.4, -0.2) is 19.1 Å². The number of carbonyl (C=O) groups excluding carboxylic acids is 1. The Morgan fingerprint density at radius 3 is 2.10 bits per heavy atom. The zero-order valence-electron chi connectivity index (χ0n) is 16.3. The molecule has 0 aliphatic carbocycles. The van der Waals surface area contributed by atoms with Crippen LogP contribution < -0.4 is 14.8 Å². The first-order valence-electron chi connectivity index (χ1n) is 10.1. The summed E-state index contributed by atoms with van der Waals surface area (Å²) in [6.45, 7) is 1.34. The highest BCUT2D eigenvalue weighted by Gasteiger charge is 2.17. The lowest BCUT2D eigenvalue weighted by Gasteiger charge is -2.20. The number of hydrogen-bond acceptors (Lipinski definition) is 3. The van der Waals surface area contributed by atoms with Gasteiger partial charge in [0, 0.05) is 12.8 Å². The molecule has 0 saturated carbocycles. The number of fused-ring (bicyclic) bond motifs is 1. The Labute approximate surface area is 171 Å². The highest BCUT2D eigenvalue weighted by molar-refractivity contribution is 5.77. The predicted octanol–water partition coefficient (Wildman–Crippen LogP) is 4.69.